The summed E-state index contributed by atoms with van der Waals surface area (Å²) in [5.74, 6) is -0.747. The average molecular weight is 394 g/mol. The minimum absolute atomic E-state index is 0.103. The van der Waals surface area contributed by atoms with Crippen LogP contribution >= 0.6 is 11.5 Å². The number of carbonyl (C=O) groups excluding carboxylic acids is 2. The van der Waals surface area contributed by atoms with Crippen molar-refractivity contribution in [2.75, 3.05) is 12.4 Å². The van der Waals surface area contributed by atoms with Gasteiger partial charge in [0, 0.05) is 0 Å². The number of hydrogen-bond acceptors (Lipinski definition) is 8. The molecular weight excluding hydrogens is 380 g/mol. The van der Waals surface area contributed by atoms with E-state index in [0.717, 1.165) is 22.7 Å². The molecule has 0 saturated heterocycles. The van der Waals surface area contributed by atoms with Crippen molar-refractivity contribution in [2.24, 2.45) is 0 Å². The molecule has 0 unspecified atom stereocenters. The fourth-order valence-electron chi connectivity index (χ4n) is 2.67. The second kappa shape index (κ2) is 7.20. The second-order valence-electron chi connectivity index (χ2n) is 5.91. The Hall–Kier alpha value is -3.59. The lowest BCUT2D eigenvalue weighted by Gasteiger charge is -2.03. The third-order valence-electron chi connectivity index (χ3n) is 4.11. The van der Waals surface area contributed by atoms with E-state index >= 15 is 0 Å². The zero-order chi connectivity index (χ0) is 19.7. The smallest absolute Gasteiger partial charge is 0.337 e. The van der Waals surface area contributed by atoms with Crippen molar-refractivity contribution in [2.45, 2.75) is 6.92 Å². The van der Waals surface area contributed by atoms with E-state index in [1.807, 2.05) is 24.3 Å². The number of fused-ring (bicyclic) bond motifs is 1. The molecule has 2 aromatic carbocycles. The maximum Gasteiger partial charge on any atom is 0.337 e. The molecule has 1 N–H and O–H groups in total. The number of rotatable bonds is 4. The van der Waals surface area contributed by atoms with Gasteiger partial charge in [0.25, 0.3) is 5.91 Å². The maximum absolute atomic E-state index is 12.3. The Morgan fingerprint density at radius 2 is 1.86 bits per heavy atom. The highest BCUT2D eigenvalue weighted by atomic mass is 32.1. The zero-order valence-corrected chi connectivity index (χ0v) is 15.7. The SMILES string of the molecule is COC(=O)c1ccc(-c2ccc3oc(NC(=O)c4snnc4C)nc3c2)cc1. The van der Waals surface area contributed by atoms with Gasteiger partial charge < -0.3 is 9.15 Å². The van der Waals surface area contributed by atoms with Gasteiger partial charge in [-0.15, -0.1) is 5.10 Å². The van der Waals surface area contributed by atoms with Crippen LogP contribution in [0.25, 0.3) is 22.2 Å². The Balaban J connectivity index is 1.59. The van der Waals surface area contributed by atoms with Crippen LogP contribution in [-0.2, 0) is 4.74 Å². The first-order valence-electron chi connectivity index (χ1n) is 8.25. The number of aryl methyl sites for hydroxylation is 1. The van der Waals surface area contributed by atoms with Gasteiger partial charge in [0.15, 0.2) is 5.58 Å². The van der Waals surface area contributed by atoms with Crippen LogP contribution in [0.5, 0.6) is 0 Å². The van der Waals surface area contributed by atoms with Gasteiger partial charge in [0.1, 0.15) is 10.4 Å². The summed E-state index contributed by atoms with van der Waals surface area (Å²) < 4.78 is 14.0. The molecular formula is C19H14N4O4S. The molecule has 0 saturated carbocycles. The molecule has 0 atom stereocenters. The molecule has 0 radical (unpaired) electrons. The van der Waals surface area contributed by atoms with Crippen molar-refractivity contribution < 1.29 is 18.7 Å². The fraction of sp³-hybridized carbons (Fsp3) is 0.105. The minimum Gasteiger partial charge on any atom is -0.465 e. The Kier molecular flexibility index (Phi) is 4.58. The first kappa shape index (κ1) is 17.8. The summed E-state index contributed by atoms with van der Waals surface area (Å²) in [6.07, 6.45) is 0. The average Bonchev–Trinajstić information content (AvgIpc) is 3.32. The molecule has 0 spiro atoms. The number of carbonyl (C=O) groups is 2. The van der Waals surface area contributed by atoms with Crippen molar-refractivity contribution >= 4 is 40.5 Å². The summed E-state index contributed by atoms with van der Waals surface area (Å²) in [6.45, 7) is 1.71. The van der Waals surface area contributed by atoms with E-state index in [-0.39, 0.29) is 17.9 Å². The summed E-state index contributed by atoms with van der Waals surface area (Å²) in [5, 5.41) is 6.44. The number of nitrogens with one attached hydrogen (secondary N) is 1. The molecule has 0 fully saturated rings. The van der Waals surface area contributed by atoms with Gasteiger partial charge in [-0.1, -0.05) is 22.7 Å². The van der Waals surface area contributed by atoms with Gasteiger partial charge in [0.05, 0.1) is 18.4 Å². The molecule has 8 nitrogen and oxygen atoms in total. The van der Waals surface area contributed by atoms with Crippen molar-refractivity contribution in [3.63, 3.8) is 0 Å². The van der Waals surface area contributed by atoms with Crippen LogP contribution in [0.2, 0.25) is 0 Å². The van der Waals surface area contributed by atoms with Crippen LogP contribution in [0.1, 0.15) is 25.7 Å². The Morgan fingerprint density at radius 3 is 2.54 bits per heavy atom. The predicted octanol–water partition coefficient (Wildman–Crippen LogP) is 3.69. The predicted molar refractivity (Wildman–Crippen MR) is 103 cm³/mol. The van der Waals surface area contributed by atoms with Crippen LogP contribution in [0.3, 0.4) is 0 Å². The van der Waals surface area contributed by atoms with Crippen LogP contribution < -0.4 is 5.32 Å². The van der Waals surface area contributed by atoms with Gasteiger partial charge in [-0.05, 0) is 53.8 Å². The summed E-state index contributed by atoms with van der Waals surface area (Å²) in [7, 11) is 1.35. The third kappa shape index (κ3) is 3.35. The number of benzene rings is 2. The highest BCUT2D eigenvalue weighted by Gasteiger charge is 2.16. The molecule has 28 heavy (non-hydrogen) atoms. The number of esters is 1. The van der Waals surface area contributed by atoms with Crippen LogP contribution in [0.15, 0.2) is 46.9 Å². The van der Waals surface area contributed by atoms with Crippen LogP contribution in [0, 0.1) is 6.92 Å². The van der Waals surface area contributed by atoms with Gasteiger partial charge >= 0.3 is 12.0 Å². The summed E-state index contributed by atoms with van der Waals surface area (Å²) in [5.41, 5.74) is 3.99. The molecule has 2 heterocycles. The number of nitrogens with zero attached hydrogens (tertiary/aromatic N) is 3. The highest BCUT2D eigenvalue weighted by molar-refractivity contribution is 7.08. The van der Waals surface area contributed by atoms with E-state index in [2.05, 4.69) is 19.9 Å². The Bertz CT molecular complexity index is 1180. The number of amides is 1. The fourth-order valence-corrected chi connectivity index (χ4v) is 3.22. The Morgan fingerprint density at radius 1 is 1.11 bits per heavy atom. The lowest BCUT2D eigenvalue weighted by molar-refractivity contribution is 0.0600. The van der Waals surface area contributed by atoms with Gasteiger partial charge in [0.2, 0.25) is 0 Å². The van der Waals surface area contributed by atoms with Crippen molar-refractivity contribution in [1.82, 2.24) is 14.6 Å². The number of ether oxygens (including phenoxy) is 1. The number of oxazole rings is 1. The van der Waals surface area contributed by atoms with Crippen LogP contribution in [0.4, 0.5) is 6.01 Å². The number of aromatic nitrogens is 3. The lowest BCUT2D eigenvalue weighted by Crippen LogP contribution is -2.11. The highest BCUT2D eigenvalue weighted by Crippen LogP contribution is 2.27. The lowest BCUT2D eigenvalue weighted by atomic mass is 10.0. The molecule has 9 heteroatoms. The summed E-state index contributed by atoms with van der Waals surface area (Å²) in [6, 6.07) is 12.7. The molecule has 0 aliphatic rings. The molecule has 140 valence electrons. The quantitative estimate of drug-likeness (QED) is 0.526. The minimum atomic E-state index is -0.384. The normalized spacial score (nSPS) is 10.8. The molecule has 0 bridgehead atoms. The van der Waals surface area contributed by atoms with Crippen molar-refractivity contribution in [3.05, 3.63) is 58.6 Å². The van der Waals surface area contributed by atoms with Gasteiger partial charge in [-0.3, -0.25) is 10.1 Å². The van der Waals surface area contributed by atoms with Gasteiger partial charge in [-0.2, -0.15) is 4.98 Å². The zero-order valence-electron chi connectivity index (χ0n) is 14.9. The summed E-state index contributed by atoms with van der Waals surface area (Å²) in [4.78, 5) is 28.5. The first-order valence-corrected chi connectivity index (χ1v) is 9.02. The topological polar surface area (TPSA) is 107 Å². The first-order chi connectivity index (χ1) is 13.5. The maximum atomic E-state index is 12.3. The standard InChI is InChI=1S/C19H14N4O4S/c1-10-16(28-23-22-10)17(24)21-19-20-14-9-13(7-8-15(14)27-19)11-3-5-12(6-4-11)18(25)26-2/h3-9H,1-2H3,(H,20,21,24). The molecule has 0 aliphatic heterocycles. The van der Waals surface area contributed by atoms with Crippen LogP contribution in [-0.4, -0.2) is 33.6 Å². The van der Waals surface area contributed by atoms with E-state index in [4.69, 9.17) is 9.15 Å². The summed E-state index contributed by atoms with van der Waals surface area (Å²) >= 11 is 1.01. The number of hydrogen-bond donors (Lipinski definition) is 1. The van der Waals surface area contributed by atoms with Crippen molar-refractivity contribution in [3.8, 4) is 11.1 Å². The molecule has 0 aliphatic carbocycles. The molecule has 4 rings (SSSR count). The monoisotopic (exact) mass is 394 g/mol. The number of anilines is 1. The third-order valence-corrected chi connectivity index (χ3v) is 4.93. The van der Waals surface area contributed by atoms with Crippen molar-refractivity contribution in [1.29, 1.82) is 0 Å². The molecule has 4 aromatic rings. The van der Waals surface area contributed by atoms with E-state index in [1.165, 1.54) is 7.11 Å². The van der Waals surface area contributed by atoms with Gasteiger partial charge in [-0.25, -0.2) is 4.79 Å². The second-order valence-corrected chi connectivity index (χ2v) is 6.67. The largest absolute Gasteiger partial charge is 0.465 e. The van der Waals surface area contributed by atoms with E-state index in [1.54, 1.807) is 25.1 Å². The van der Waals surface area contributed by atoms with E-state index in [0.29, 0.717) is 27.2 Å². The molecule has 2 aromatic heterocycles. The number of methoxy groups -OCH3 is 1. The van der Waals surface area contributed by atoms with E-state index in [9.17, 15) is 9.59 Å². The molecule has 1 amide bonds. The van der Waals surface area contributed by atoms with E-state index < -0.39 is 0 Å². The Labute approximate surface area is 163 Å².